The van der Waals surface area contributed by atoms with Crippen molar-refractivity contribution < 1.29 is 4.39 Å². The van der Waals surface area contributed by atoms with E-state index in [-0.39, 0.29) is 0 Å². The van der Waals surface area contributed by atoms with Crippen LogP contribution in [0.1, 0.15) is 13.3 Å². The Labute approximate surface area is 61.4 Å². The number of hydrogen-bond acceptors (Lipinski definition) is 1. The summed E-state index contributed by atoms with van der Waals surface area (Å²) in [4.78, 5) is 0. The lowest BCUT2D eigenvalue weighted by Gasteiger charge is -1.96. The monoisotopic (exact) mass is 143 g/mol. The van der Waals surface area contributed by atoms with Crippen LogP contribution in [0.4, 0.5) is 4.39 Å². The summed E-state index contributed by atoms with van der Waals surface area (Å²) in [6.07, 6.45) is 2.76. The lowest BCUT2D eigenvalue weighted by Crippen LogP contribution is -2.00. The van der Waals surface area contributed by atoms with Gasteiger partial charge in [0, 0.05) is 6.54 Å². The zero-order valence-electron chi connectivity index (χ0n) is 6.31. The van der Waals surface area contributed by atoms with Gasteiger partial charge in [-0.05, 0) is 12.0 Å². The average Bonchev–Trinajstić information content (AvgIpc) is 1.99. The van der Waals surface area contributed by atoms with Crippen LogP contribution in [0.5, 0.6) is 0 Å². The van der Waals surface area contributed by atoms with Gasteiger partial charge in [0.25, 0.3) is 0 Å². The fourth-order valence-electron chi connectivity index (χ4n) is 0.445. The molecule has 2 N–H and O–H groups in total. The van der Waals surface area contributed by atoms with Crippen LogP contribution >= 0.6 is 0 Å². The van der Waals surface area contributed by atoms with E-state index in [1.807, 2.05) is 0 Å². The summed E-state index contributed by atoms with van der Waals surface area (Å²) in [6, 6.07) is 0. The zero-order chi connectivity index (χ0) is 7.98. The molecule has 10 heavy (non-hydrogen) atoms. The Morgan fingerprint density at radius 2 is 2.40 bits per heavy atom. The van der Waals surface area contributed by atoms with Gasteiger partial charge in [-0.15, -0.1) is 0 Å². The van der Waals surface area contributed by atoms with Crippen LogP contribution in [-0.2, 0) is 0 Å². The standard InChI is InChI=1S/C8H14FN/c1-3-8(9)5-4-7(2)6-10/h4-5,8H,2-3,6,10H2,1H3/b5-4-. The van der Waals surface area contributed by atoms with Crippen molar-refractivity contribution in [3.05, 3.63) is 24.3 Å². The molecule has 0 fully saturated rings. The van der Waals surface area contributed by atoms with E-state index in [2.05, 4.69) is 6.58 Å². The van der Waals surface area contributed by atoms with Gasteiger partial charge < -0.3 is 5.73 Å². The third-order valence-corrected chi connectivity index (χ3v) is 1.19. The van der Waals surface area contributed by atoms with Crippen LogP contribution in [0.25, 0.3) is 0 Å². The van der Waals surface area contributed by atoms with Crippen LogP contribution in [0.3, 0.4) is 0 Å². The number of rotatable bonds is 4. The highest BCUT2D eigenvalue weighted by molar-refractivity contribution is 5.16. The average molecular weight is 143 g/mol. The second-order valence-electron chi connectivity index (χ2n) is 2.15. The maximum Gasteiger partial charge on any atom is 0.118 e. The maximum absolute atomic E-state index is 12.5. The molecule has 0 saturated carbocycles. The van der Waals surface area contributed by atoms with E-state index in [0.29, 0.717) is 13.0 Å². The first-order chi connectivity index (χ1) is 4.70. The molecule has 0 saturated heterocycles. The van der Waals surface area contributed by atoms with Gasteiger partial charge >= 0.3 is 0 Å². The molecule has 1 atom stereocenters. The zero-order valence-corrected chi connectivity index (χ0v) is 6.31. The smallest absolute Gasteiger partial charge is 0.118 e. The summed E-state index contributed by atoms with van der Waals surface area (Å²) in [5.41, 5.74) is 5.99. The molecule has 2 heteroatoms. The summed E-state index contributed by atoms with van der Waals surface area (Å²) < 4.78 is 12.5. The van der Waals surface area contributed by atoms with Gasteiger partial charge in [0.2, 0.25) is 0 Å². The Morgan fingerprint density at radius 1 is 1.80 bits per heavy atom. The van der Waals surface area contributed by atoms with Crippen molar-refractivity contribution in [2.45, 2.75) is 19.5 Å². The minimum absolute atomic E-state index is 0.396. The third-order valence-electron chi connectivity index (χ3n) is 1.19. The SMILES string of the molecule is C=C(/C=C\C(F)CC)CN. The Balaban J connectivity index is 3.63. The summed E-state index contributed by atoms with van der Waals surface area (Å²) >= 11 is 0. The molecule has 0 aromatic heterocycles. The molecular weight excluding hydrogens is 129 g/mol. The Kier molecular flexibility index (Phi) is 4.85. The molecule has 0 spiro atoms. The molecule has 0 radical (unpaired) electrons. The van der Waals surface area contributed by atoms with E-state index in [1.54, 1.807) is 13.0 Å². The van der Waals surface area contributed by atoms with Gasteiger partial charge in [0.1, 0.15) is 6.17 Å². The van der Waals surface area contributed by atoms with Gasteiger partial charge in [-0.3, -0.25) is 0 Å². The molecule has 0 aliphatic rings. The highest BCUT2D eigenvalue weighted by Gasteiger charge is 1.94. The Morgan fingerprint density at radius 3 is 2.80 bits per heavy atom. The van der Waals surface area contributed by atoms with Crippen LogP contribution in [0.15, 0.2) is 24.3 Å². The van der Waals surface area contributed by atoms with Crippen molar-refractivity contribution >= 4 is 0 Å². The fourth-order valence-corrected chi connectivity index (χ4v) is 0.445. The molecule has 1 unspecified atom stereocenters. The molecule has 0 heterocycles. The number of allylic oxidation sites excluding steroid dienone is 1. The topological polar surface area (TPSA) is 26.0 Å². The maximum atomic E-state index is 12.5. The molecule has 0 aromatic carbocycles. The quantitative estimate of drug-likeness (QED) is 0.597. The van der Waals surface area contributed by atoms with Crippen LogP contribution in [0, 0.1) is 0 Å². The molecule has 0 aliphatic heterocycles. The summed E-state index contributed by atoms with van der Waals surface area (Å²) in [6.45, 7) is 5.79. The second-order valence-corrected chi connectivity index (χ2v) is 2.15. The minimum Gasteiger partial charge on any atom is -0.327 e. The van der Waals surface area contributed by atoms with E-state index in [0.717, 1.165) is 5.57 Å². The van der Waals surface area contributed by atoms with E-state index in [9.17, 15) is 4.39 Å². The van der Waals surface area contributed by atoms with Crippen molar-refractivity contribution in [3.8, 4) is 0 Å². The first kappa shape index (κ1) is 9.37. The molecule has 0 rings (SSSR count). The first-order valence-corrected chi connectivity index (χ1v) is 3.40. The van der Waals surface area contributed by atoms with E-state index in [4.69, 9.17) is 5.73 Å². The highest BCUT2D eigenvalue weighted by Crippen LogP contribution is 2.00. The lowest BCUT2D eigenvalue weighted by atomic mass is 10.2. The number of alkyl halides is 1. The largest absolute Gasteiger partial charge is 0.327 e. The van der Waals surface area contributed by atoms with Gasteiger partial charge in [0.05, 0.1) is 0 Å². The lowest BCUT2D eigenvalue weighted by molar-refractivity contribution is 0.390. The predicted octanol–water partition coefficient (Wildman–Crippen LogP) is 1.81. The first-order valence-electron chi connectivity index (χ1n) is 3.40. The second kappa shape index (κ2) is 5.18. The molecule has 0 amide bonds. The molecule has 0 aliphatic carbocycles. The van der Waals surface area contributed by atoms with Crippen molar-refractivity contribution in [2.75, 3.05) is 6.54 Å². The summed E-state index contributed by atoms with van der Waals surface area (Å²) in [7, 11) is 0. The van der Waals surface area contributed by atoms with Gasteiger partial charge in [-0.1, -0.05) is 25.7 Å². The van der Waals surface area contributed by atoms with E-state index in [1.165, 1.54) is 6.08 Å². The number of nitrogens with two attached hydrogens (primary N) is 1. The van der Waals surface area contributed by atoms with Gasteiger partial charge in [0.15, 0.2) is 0 Å². The summed E-state index contributed by atoms with van der Waals surface area (Å²) in [5.74, 6) is 0. The minimum atomic E-state index is -0.858. The van der Waals surface area contributed by atoms with Crippen LogP contribution < -0.4 is 5.73 Å². The van der Waals surface area contributed by atoms with E-state index < -0.39 is 6.17 Å². The fraction of sp³-hybridized carbons (Fsp3) is 0.500. The summed E-state index contributed by atoms with van der Waals surface area (Å²) in [5, 5.41) is 0. The molecule has 0 bridgehead atoms. The Bertz CT molecular complexity index is 129. The Hall–Kier alpha value is -0.630. The van der Waals surface area contributed by atoms with Crippen molar-refractivity contribution in [2.24, 2.45) is 5.73 Å². The van der Waals surface area contributed by atoms with Crippen molar-refractivity contribution in [1.82, 2.24) is 0 Å². The van der Waals surface area contributed by atoms with E-state index >= 15 is 0 Å². The van der Waals surface area contributed by atoms with Crippen LogP contribution in [-0.4, -0.2) is 12.7 Å². The molecular formula is C8H14FN. The number of halogens is 1. The van der Waals surface area contributed by atoms with Gasteiger partial charge in [-0.2, -0.15) is 0 Å². The van der Waals surface area contributed by atoms with Crippen molar-refractivity contribution in [1.29, 1.82) is 0 Å². The van der Waals surface area contributed by atoms with Crippen molar-refractivity contribution in [3.63, 3.8) is 0 Å². The number of hydrogen-bond donors (Lipinski definition) is 1. The molecule has 1 nitrogen and oxygen atoms in total. The third kappa shape index (κ3) is 4.27. The normalized spacial score (nSPS) is 13.9. The van der Waals surface area contributed by atoms with Gasteiger partial charge in [-0.25, -0.2) is 4.39 Å². The molecule has 0 aromatic rings. The molecule has 58 valence electrons. The predicted molar refractivity (Wildman–Crippen MR) is 42.5 cm³/mol. The highest BCUT2D eigenvalue weighted by atomic mass is 19.1. The van der Waals surface area contributed by atoms with Crippen LogP contribution in [0.2, 0.25) is 0 Å².